The van der Waals surface area contributed by atoms with E-state index < -0.39 is 17.6 Å². The van der Waals surface area contributed by atoms with Crippen molar-refractivity contribution in [2.45, 2.75) is 12.6 Å². The fraction of sp³-hybridized carbons (Fsp3) is 0.133. The molecule has 0 atom stereocenters. The minimum atomic E-state index is -4.49. The van der Waals surface area contributed by atoms with Gasteiger partial charge in [-0.25, -0.2) is 4.39 Å². The number of hydrogen-bond acceptors (Lipinski definition) is 1. The van der Waals surface area contributed by atoms with Crippen molar-refractivity contribution >= 4 is 0 Å². The first kappa shape index (κ1) is 14.1. The molecule has 20 heavy (non-hydrogen) atoms. The summed E-state index contributed by atoms with van der Waals surface area (Å²) in [6.45, 7) is 0. The zero-order valence-corrected chi connectivity index (χ0v) is 10.2. The molecule has 1 nitrogen and oxygen atoms in total. The van der Waals surface area contributed by atoms with Crippen LogP contribution in [-0.4, -0.2) is 0 Å². The molecule has 0 spiro atoms. The summed E-state index contributed by atoms with van der Waals surface area (Å²) in [6.07, 6.45) is -4.70. The molecule has 2 rings (SSSR count). The standard InChI is InChI=1S/C15H9F4N/c16-14-4-2-1-3-13(14)12-6-5-11(15(17,18)19)9-10(12)7-8-20/h1-6,9H,7H2. The van der Waals surface area contributed by atoms with E-state index in [9.17, 15) is 17.6 Å². The Bertz CT molecular complexity index is 668. The molecule has 0 amide bonds. The van der Waals surface area contributed by atoms with Gasteiger partial charge >= 0.3 is 6.18 Å². The zero-order chi connectivity index (χ0) is 14.8. The molecule has 0 saturated heterocycles. The Morgan fingerprint density at radius 1 is 1.00 bits per heavy atom. The van der Waals surface area contributed by atoms with Crippen LogP contribution in [0.2, 0.25) is 0 Å². The van der Waals surface area contributed by atoms with E-state index in [-0.39, 0.29) is 17.5 Å². The van der Waals surface area contributed by atoms with Crippen LogP contribution in [0, 0.1) is 17.1 Å². The Morgan fingerprint density at radius 3 is 2.30 bits per heavy atom. The van der Waals surface area contributed by atoms with Crippen LogP contribution in [0.15, 0.2) is 42.5 Å². The zero-order valence-electron chi connectivity index (χ0n) is 10.2. The summed E-state index contributed by atoms with van der Waals surface area (Å²) in [7, 11) is 0. The van der Waals surface area contributed by atoms with Crippen LogP contribution in [0.5, 0.6) is 0 Å². The van der Waals surface area contributed by atoms with E-state index in [1.807, 2.05) is 0 Å². The van der Waals surface area contributed by atoms with Gasteiger partial charge in [0.25, 0.3) is 0 Å². The second-order valence-corrected chi connectivity index (χ2v) is 4.18. The predicted octanol–water partition coefficient (Wildman–Crippen LogP) is 4.58. The Hall–Kier alpha value is -2.35. The third kappa shape index (κ3) is 2.80. The van der Waals surface area contributed by atoms with Gasteiger partial charge in [0.1, 0.15) is 5.82 Å². The number of alkyl halides is 3. The fourth-order valence-corrected chi connectivity index (χ4v) is 1.94. The van der Waals surface area contributed by atoms with Crippen molar-refractivity contribution in [2.24, 2.45) is 0 Å². The number of nitrogens with zero attached hydrogens (tertiary/aromatic N) is 1. The van der Waals surface area contributed by atoms with E-state index in [1.54, 1.807) is 12.1 Å². The van der Waals surface area contributed by atoms with Crippen molar-refractivity contribution in [3.05, 3.63) is 59.4 Å². The summed E-state index contributed by atoms with van der Waals surface area (Å²) in [5, 5.41) is 8.73. The molecule has 0 unspecified atom stereocenters. The summed E-state index contributed by atoms with van der Waals surface area (Å²) in [5.41, 5.74) is -0.195. The normalized spacial score (nSPS) is 11.2. The highest BCUT2D eigenvalue weighted by Crippen LogP contribution is 2.34. The lowest BCUT2D eigenvalue weighted by Gasteiger charge is -2.12. The molecule has 0 heterocycles. The van der Waals surface area contributed by atoms with Crippen LogP contribution in [-0.2, 0) is 12.6 Å². The SMILES string of the molecule is N#CCc1cc(C(F)(F)F)ccc1-c1ccccc1F. The topological polar surface area (TPSA) is 23.8 Å². The molecular formula is C15H9F4N. The van der Waals surface area contributed by atoms with E-state index in [4.69, 9.17) is 5.26 Å². The number of benzene rings is 2. The molecule has 0 bridgehead atoms. The molecule has 0 aromatic heterocycles. The third-order valence-corrected chi connectivity index (χ3v) is 2.87. The highest BCUT2D eigenvalue weighted by molar-refractivity contribution is 5.69. The highest BCUT2D eigenvalue weighted by atomic mass is 19.4. The molecule has 5 heteroatoms. The molecule has 2 aromatic rings. The van der Waals surface area contributed by atoms with E-state index in [0.717, 1.165) is 12.1 Å². The molecule has 0 fully saturated rings. The van der Waals surface area contributed by atoms with Gasteiger partial charge in [0.2, 0.25) is 0 Å². The lowest BCUT2D eigenvalue weighted by molar-refractivity contribution is -0.137. The monoisotopic (exact) mass is 279 g/mol. The van der Waals surface area contributed by atoms with Crippen molar-refractivity contribution in [2.75, 3.05) is 0 Å². The highest BCUT2D eigenvalue weighted by Gasteiger charge is 2.31. The van der Waals surface area contributed by atoms with Gasteiger partial charge in [0.15, 0.2) is 0 Å². The van der Waals surface area contributed by atoms with Crippen molar-refractivity contribution in [3.63, 3.8) is 0 Å². The maximum absolute atomic E-state index is 13.7. The number of hydrogen-bond donors (Lipinski definition) is 0. The average molecular weight is 279 g/mol. The quantitative estimate of drug-likeness (QED) is 0.738. The summed E-state index contributed by atoms with van der Waals surface area (Å²) in [6, 6.07) is 10.6. The first-order valence-electron chi connectivity index (χ1n) is 5.75. The molecule has 0 radical (unpaired) electrons. The lowest BCUT2D eigenvalue weighted by Crippen LogP contribution is -2.06. The van der Waals surface area contributed by atoms with E-state index in [1.165, 1.54) is 24.3 Å². The Kier molecular flexibility index (Phi) is 3.75. The molecular weight excluding hydrogens is 270 g/mol. The molecule has 102 valence electrons. The Balaban J connectivity index is 2.60. The van der Waals surface area contributed by atoms with Gasteiger partial charge in [0, 0.05) is 5.56 Å². The van der Waals surface area contributed by atoms with Crippen LogP contribution in [0.1, 0.15) is 11.1 Å². The maximum Gasteiger partial charge on any atom is 0.416 e. The smallest absolute Gasteiger partial charge is 0.206 e. The van der Waals surface area contributed by atoms with Gasteiger partial charge < -0.3 is 0 Å². The maximum atomic E-state index is 13.7. The first-order valence-corrected chi connectivity index (χ1v) is 5.75. The molecule has 0 aliphatic carbocycles. The van der Waals surface area contributed by atoms with Crippen LogP contribution in [0.25, 0.3) is 11.1 Å². The number of nitriles is 1. The molecule has 0 saturated carbocycles. The van der Waals surface area contributed by atoms with Crippen molar-refractivity contribution in [3.8, 4) is 17.2 Å². The van der Waals surface area contributed by atoms with Gasteiger partial charge in [-0.15, -0.1) is 0 Å². The predicted molar refractivity (Wildman–Crippen MR) is 66.2 cm³/mol. The fourth-order valence-electron chi connectivity index (χ4n) is 1.94. The van der Waals surface area contributed by atoms with Gasteiger partial charge in [-0.3, -0.25) is 0 Å². The van der Waals surface area contributed by atoms with E-state index in [0.29, 0.717) is 5.56 Å². The van der Waals surface area contributed by atoms with Crippen LogP contribution in [0.4, 0.5) is 17.6 Å². The second kappa shape index (κ2) is 5.33. The minimum Gasteiger partial charge on any atom is -0.206 e. The van der Waals surface area contributed by atoms with Gasteiger partial charge in [-0.2, -0.15) is 18.4 Å². The largest absolute Gasteiger partial charge is 0.416 e. The van der Waals surface area contributed by atoms with Crippen molar-refractivity contribution < 1.29 is 17.6 Å². The Labute approximate surface area is 113 Å². The number of rotatable bonds is 2. The summed E-state index contributed by atoms with van der Waals surface area (Å²) < 4.78 is 51.7. The van der Waals surface area contributed by atoms with Crippen molar-refractivity contribution in [1.82, 2.24) is 0 Å². The van der Waals surface area contributed by atoms with Crippen LogP contribution in [0.3, 0.4) is 0 Å². The van der Waals surface area contributed by atoms with E-state index >= 15 is 0 Å². The lowest BCUT2D eigenvalue weighted by atomic mass is 9.95. The van der Waals surface area contributed by atoms with E-state index in [2.05, 4.69) is 0 Å². The van der Waals surface area contributed by atoms with Gasteiger partial charge in [-0.1, -0.05) is 24.3 Å². The third-order valence-electron chi connectivity index (χ3n) is 2.87. The van der Waals surface area contributed by atoms with Crippen molar-refractivity contribution in [1.29, 1.82) is 5.26 Å². The number of halogens is 4. The van der Waals surface area contributed by atoms with Crippen LogP contribution < -0.4 is 0 Å². The Morgan fingerprint density at radius 2 is 1.70 bits per heavy atom. The average Bonchev–Trinajstić information content (AvgIpc) is 2.39. The van der Waals surface area contributed by atoms with Crippen LogP contribution >= 0.6 is 0 Å². The minimum absolute atomic E-state index is 0.160. The molecule has 0 aliphatic rings. The molecule has 2 aromatic carbocycles. The summed E-state index contributed by atoms with van der Waals surface area (Å²) in [4.78, 5) is 0. The summed E-state index contributed by atoms with van der Waals surface area (Å²) in [5.74, 6) is -0.536. The molecule has 0 aliphatic heterocycles. The van der Waals surface area contributed by atoms with Gasteiger partial charge in [-0.05, 0) is 29.3 Å². The summed E-state index contributed by atoms with van der Waals surface area (Å²) >= 11 is 0. The molecule has 0 N–H and O–H groups in total. The first-order chi connectivity index (χ1) is 9.43. The second-order valence-electron chi connectivity index (χ2n) is 4.18. The van der Waals surface area contributed by atoms with Gasteiger partial charge in [0.05, 0.1) is 18.1 Å².